The number of aromatic amines is 1. The van der Waals surface area contributed by atoms with E-state index in [0.29, 0.717) is 0 Å². The van der Waals surface area contributed by atoms with Gasteiger partial charge in [-0.2, -0.15) is 0 Å². The van der Waals surface area contributed by atoms with E-state index < -0.39 is 0 Å². The fourth-order valence-electron chi connectivity index (χ4n) is 2.56. The molecule has 1 heterocycles. The van der Waals surface area contributed by atoms with Gasteiger partial charge in [0.25, 0.3) is 0 Å². The number of carbonyl (C=O) groups is 1. The van der Waals surface area contributed by atoms with Crippen LogP contribution >= 0.6 is 0 Å². The zero-order valence-corrected chi connectivity index (χ0v) is 13.2. The molecule has 0 aliphatic rings. The van der Waals surface area contributed by atoms with Crippen LogP contribution in [0.3, 0.4) is 0 Å². The molecular formula is C18H19N3O2. The minimum Gasteiger partial charge on any atom is -0.496 e. The van der Waals surface area contributed by atoms with E-state index in [-0.39, 0.29) is 18.4 Å². The monoisotopic (exact) mass is 309 g/mol. The topological polar surface area (TPSA) is 67.0 Å². The van der Waals surface area contributed by atoms with Crippen LogP contribution in [0.25, 0.3) is 11.0 Å². The molecule has 3 rings (SSSR count). The molecule has 0 aliphatic carbocycles. The van der Waals surface area contributed by atoms with Gasteiger partial charge in [0.15, 0.2) is 0 Å². The number of ether oxygens (including phenoxy) is 1. The van der Waals surface area contributed by atoms with Crippen molar-refractivity contribution < 1.29 is 9.53 Å². The fraction of sp³-hybridized carbons (Fsp3) is 0.222. The van der Waals surface area contributed by atoms with Crippen molar-refractivity contribution in [3.05, 3.63) is 59.9 Å². The number of imidazole rings is 1. The van der Waals surface area contributed by atoms with Gasteiger partial charge in [-0.15, -0.1) is 0 Å². The summed E-state index contributed by atoms with van der Waals surface area (Å²) < 4.78 is 5.28. The van der Waals surface area contributed by atoms with Crippen molar-refractivity contribution in [3.63, 3.8) is 0 Å². The number of para-hydroxylation sites is 3. The summed E-state index contributed by atoms with van der Waals surface area (Å²) in [6, 6.07) is 15.1. The van der Waals surface area contributed by atoms with Crippen LogP contribution in [0.5, 0.6) is 5.75 Å². The average Bonchev–Trinajstić information content (AvgIpc) is 2.99. The zero-order chi connectivity index (χ0) is 16.2. The largest absolute Gasteiger partial charge is 0.496 e. The number of methoxy groups -OCH3 is 1. The summed E-state index contributed by atoms with van der Waals surface area (Å²) in [5, 5.41) is 2.97. The zero-order valence-electron chi connectivity index (χ0n) is 13.2. The van der Waals surface area contributed by atoms with Crippen molar-refractivity contribution in [2.75, 3.05) is 7.11 Å². The Morgan fingerprint density at radius 2 is 1.96 bits per heavy atom. The number of hydrogen-bond donors (Lipinski definition) is 2. The number of nitrogens with zero attached hydrogens (tertiary/aromatic N) is 1. The van der Waals surface area contributed by atoms with Crippen LogP contribution in [0.1, 0.15) is 24.4 Å². The van der Waals surface area contributed by atoms with Crippen LogP contribution in [-0.4, -0.2) is 23.0 Å². The van der Waals surface area contributed by atoms with Crippen LogP contribution in [0.2, 0.25) is 0 Å². The Morgan fingerprint density at radius 3 is 2.74 bits per heavy atom. The predicted molar refractivity (Wildman–Crippen MR) is 89.3 cm³/mol. The van der Waals surface area contributed by atoms with E-state index in [1.54, 1.807) is 7.11 Å². The lowest BCUT2D eigenvalue weighted by Crippen LogP contribution is -2.28. The van der Waals surface area contributed by atoms with Crippen molar-refractivity contribution >= 4 is 16.9 Å². The van der Waals surface area contributed by atoms with Gasteiger partial charge in [0.1, 0.15) is 11.6 Å². The molecule has 3 aromatic rings. The molecule has 0 bridgehead atoms. The highest BCUT2D eigenvalue weighted by molar-refractivity contribution is 5.80. The summed E-state index contributed by atoms with van der Waals surface area (Å²) in [6.45, 7) is 1.91. The molecular weight excluding hydrogens is 290 g/mol. The molecule has 1 atom stereocenters. The highest BCUT2D eigenvalue weighted by Crippen LogP contribution is 2.19. The van der Waals surface area contributed by atoms with Crippen LogP contribution < -0.4 is 10.1 Å². The maximum absolute atomic E-state index is 12.3. The van der Waals surface area contributed by atoms with E-state index in [9.17, 15) is 4.79 Å². The van der Waals surface area contributed by atoms with E-state index in [4.69, 9.17) is 4.74 Å². The SMILES string of the molecule is COc1ccccc1CC(=O)N[C@H](C)c1nc2ccccc2[nH]1. The Labute approximate surface area is 134 Å². The molecule has 0 aliphatic heterocycles. The summed E-state index contributed by atoms with van der Waals surface area (Å²) in [6.07, 6.45) is 0.272. The maximum Gasteiger partial charge on any atom is 0.225 e. The Hall–Kier alpha value is -2.82. The van der Waals surface area contributed by atoms with Gasteiger partial charge in [0.05, 0.1) is 30.6 Å². The van der Waals surface area contributed by atoms with Crippen LogP contribution in [0.15, 0.2) is 48.5 Å². The number of hydrogen-bond acceptors (Lipinski definition) is 3. The first-order valence-corrected chi connectivity index (χ1v) is 7.53. The van der Waals surface area contributed by atoms with E-state index in [1.165, 1.54) is 0 Å². The molecule has 23 heavy (non-hydrogen) atoms. The molecule has 1 aromatic heterocycles. The van der Waals surface area contributed by atoms with Gasteiger partial charge in [-0.3, -0.25) is 4.79 Å². The minimum absolute atomic E-state index is 0.0672. The molecule has 2 aromatic carbocycles. The summed E-state index contributed by atoms with van der Waals surface area (Å²) in [5.74, 6) is 1.40. The standard InChI is InChI=1S/C18H19N3O2/c1-12(18-20-14-8-4-5-9-15(14)21-18)19-17(22)11-13-7-3-6-10-16(13)23-2/h3-10,12H,11H2,1-2H3,(H,19,22)(H,20,21)/t12-/m1/s1. The number of aromatic nitrogens is 2. The molecule has 0 radical (unpaired) electrons. The third-order valence-corrected chi connectivity index (χ3v) is 3.74. The van der Waals surface area contributed by atoms with E-state index >= 15 is 0 Å². The quantitative estimate of drug-likeness (QED) is 0.761. The third kappa shape index (κ3) is 3.34. The number of amides is 1. The Balaban J connectivity index is 1.69. The number of nitrogens with one attached hydrogen (secondary N) is 2. The Bertz CT molecular complexity index is 793. The number of fused-ring (bicyclic) bond motifs is 1. The van der Waals surface area contributed by atoms with Gasteiger partial charge in [-0.05, 0) is 25.1 Å². The molecule has 0 saturated heterocycles. The first kappa shape index (κ1) is 15.1. The van der Waals surface area contributed by atoms with E-state index in [1.807, 2.05) is 55.5 Å². The number of rotatable bonds is 5. The molecule has 118 valence electrons. The average molecular weight is 309 g/mol. The van der Waals surface area contributed by atoms with Gasteiger partial charge in [-0.1, -0.05) is 30.3 Å². The van der Waals surface area contributed by atoms with Crippen molar-refractivity contribution in [2.24, 2.45) is 0 Å². The first-order chi connectivity index (χ1) is 11.2. The second-order valence-electron chi connectivity index (χ2n) is 5.42. The fourth-order valence-corrected chi connectivity index (χ4v) is 2.56. The third-order valence-electron chi connectivity index (χ3n) is 3.74. The van der Waals surface area contributed by atoms with Crippen molar-refractivity contribution in [2.45, 2.75) is 19.4 Å². The second kappa shape index (κ2) is 6.52. The molecule has 2 N–H and O–H groups in total. The van der Waals surface area contributed by atoms with Gasteiger partial charge >= 0.3 is 0 Å². The molecule has 0 fully saturated rings. The second-order valence-corrected chi connectivity index (χ2v) is 5.42. The Kier molecular flexibility index (Phi) is 4.28. The molecule has 1 amide bonds. The van der Waals surface area contributed by atoms with Gasteiger partial charge in [0, 0.05) is 5.56 Å². The number of carbonyl (C=O) groups excluding carboxylic acids is 1. The van der Waals surface area contributed by atoms with Gasteiger partial charge < -0.3 is 15.0 Å². The predicted octanol–water partition coefficient (Wildman–Crippen LogP) is 2.99. The molecule has 0 spiro atoms. The highest BCUT2D eigenvalue weighted by Gasteiger charge is 2.15. The van der Waals surface area contributed by atoms with E-state index in [2.05, 4.69) is 15.3 Å². The smallest absolute Gasteiger partial charge is 0.225 e. The summed E-state index contributed by atoms with van der Waals surface area (Å²) >= 11 is 0. The van der Waals surface area contributed by atoms with Crippen LogP contribution in [0.4, 0.5) is 0 Å². The molecule has 5 nitrogen and oxygen atoms in total. The van der Waals surface area contributed by atoms with Crippen LogP contribution in [0, 0.1) is 0 Å². The summed E-state index contributed by atoms with van der Waals surface area (Å²) in [4.78, 5) is 20.0. The summed E-state index contributed by atoms with van der Waals surface area (Å²) in [7, 11) is 1.60. The van der Waals surface area contributed by atoms with Gasteiger partial charge in [-0.25, -0.2) is 4.98 Å². The lowest BCUT2D eigenvalue weighted by atomic mass is 10.1. The Morgan fingerprint density at radius 1 is 1.22 bits per heavy atom. The molecule has 5 heteroatoms. The summed E-state index contributed by atoms with van der Waals surface area (Å²) in [5.41, 5.74) is 2.73. The van der Waals surface area contributed by atoms with Gasteiger partial charge in [0.2, 0.25) is 5.91 Å². The number of benzene rings is 2. The van der Waals surface area contributed by atoms with Crippen molar-refractivity contribution in [1.29, 1.82) is 0 Å². The van der Waals surface area contributed by atoms with Crippen molar-refractivity contribution in [1.82, 2.24) is 15.3 Å². The van der Waals surface area contributed by atoms with Crippen LogP contribution in [-0.2, 0) is 11.2 Å². The maximum atomic E-state index is 12.3. The molecule has 0 saturated carbocycles. The number of H-pyrrole nitrogens is 1. The minimum atomic E-state index is -0.190. The lowest BCUT2D eigenvalue weighted by Gasteiger charge is -2.12. The van der Waals surface area contributed by atoms with E-state index in [0.717, 1.165) is 28.2 Å². The highest BCUT2D eigenvalue weighted by atomic mass is 16.5. The van der Waals surface area contributed by atoms with Crippen molar-refractivity contribution in [3.8, 4) is 5.75 Å². The normalized spacial score (nSPS) is 12.1. The lowest BCUT2D eigenvalue weighted by molar-refractivity contribution is -0.121. The first-order valence-electron chi connectivity index (χ1n) is 7.53. The molecule has 0 unspecified atom stereocenters.